The van der Waals surface area contributed by atoms with Gasteiger partial charge >= 0.3 is 11.7 Å². The lowest BCUT2D eigenvalue weighted by Crippen LogP contribution is -2.37. The molecule has 8 heteroatoms. The maximum absolute atomic E-state index is 13.7. The predicted molar refractivity (Wildman–Crippen MR) is 137 cm³/mol. The Morgan fingerprint density at radius 2 is 1.78 bits per heavy atom. The highest BCUT2D eigenvalue weighted by molar-refractivity contribution is 6.04. The van der Waals surface area contributed by atoms with Gasteiger partial charge in [-0.05, 0) is 62.1 Å². The number of aromatic hydroxyl groups is 1. The molecular weight excluding hydrogens is 472 g/mol. The van der Waals surface area contributed by atoms with Crippen LogP contribution < -0.4 is 5.32 Å². The summed E-state index contributed by atoms with van der Waals surface area (Å²) in [5.74, 6) is -1.93. The summed E-state index contributed by atoms with van der Waals surface area (Å²) in [6.07, 6.45) is 5.36. The SMILES string of the molecule is CC1=C(C(=O)OC2CCCCC2)[C@H](c2ccc(O)c([N+](=O)[O-])c2)C2=C(C[C@@H](c3ccccc3)CC2=O)N1. The minimum Gasteiger partial charge on any atom is -0.502 e. The van der Waals surface area contributed by atoms with E-state index in [1.807, 2.05) is 30.3 Å². The number of nitro benzene ring substituents is 1. The van der Waals surface area contributed by atoms with Crippen LogP contribution in [-0.2, 0) is 14.3 Å². The predicted octanol–water partition coefficient (Wildman–Crippen LogP) is 5.54. The fourth-order valence-electron chi connectivity index (χ4n) is 5.87. The van der Waals surface area contributed by atoms with Crippen LogP contribution in [0.25, 0.3) is 0 Å². The van der Waals surface area contributed by atoms with E-state index in [0.29, 0.717) is 23.3 Å². The molecule has 0 spiro atoms. The normalized spacial score (nSPS) is 22.4. The number of carbonyl (C=O) groups is 2. The number of allylic oxidation sites excluding steroid dienone is 3. The second-order valence-corrected chi connectivity index (χ2v) is 10.1. The van der Waals surface area contributed by atoms with E-state index in [4.69, 9.17) is 4.74 Å². The molecule has 0 bridgehead atoms. The number of phenolic OH excluding ortho intramolecular Hbond substituents is 1. The summed E-state index contributed by atoms with van der Waals surface area (Å²) in [5.41, 5.74) is 3.01. The molecule has 0 saturated heterocycles. The Labute approximate surface area is 215 Å². The van der Waals surface area contributed by atoms with Crippen molar-refractivity contribution in [1.82, 2.24) is 5.32 Å². The number of dihydropyridines is 1. The number of nitro groups is 1. The molecule has 0 unspecified atom stereocenters. The summed E-state index contributed by atoms with van der Waals surface area (Å²) in [7, 11) is 0. The first-order valence-corrected chi connectivity index (χ1v) is 12.8. The van der Waals surface area contributed by atoms with Gasteiger partial charge in [0.1, 0.15) is 6.10 Å². The quantitative estimate of drug-likeness (QED) is 0.313. The van der Waals surface area contributed by atoms with Gasteiger partial charge in [-0.1, -0.05) is 42.8 Å². The summed E-state index contributed by atoms with van der Waals surface area (Å²) in [6, 6.07) is 13.9. The molecule has 1 heterocycles. The zero-order chi connectivity index (χ0) is 26.1. The van der Waals surface area contributed by atoms with Gasteiger partial charge in [-0.3, -0.25) is 14.9 Å². The first kappa shape index (κ1) is 24.7. The van der Waals surface area contributed by atoms with Crippen LogP contribution in [-0.4, -0.2) is 27.9 Å². The van der Waals surface area contributed by atoms with E-state index in [-0.39, 0.29) is 29.8 Å². The molecule has 1 saturated carbocycles. The van der Waals surface area contributed by atoms with Crippen LogP contribution in [0.2, 0.25) is 0 Å². The molecule has 0 aromatic heterocycles. The third kappa shape index (κ3) is 4.88. The van der Waals surface area contributed by atoms with Crippen molar-refractivity contribution < 1.29 is 24.4 Å². The zero-order valence-electron chi connectivity index (χ0n) is 20.7. The molecule has 2 aliphatic carbocycles. The largest absolute Gasteiger partial charge is 0.502 e. The van der Waals surface area contributed by atoms with Crippen molar-refractivity contribution >= 4 is 17.4 Å². The zero-order valence-corrected chi connectivity index (χ0v) is 20.7. The number of ether oxygens (including phenoxy) is 1. The maximum atomic E-state index is 13.7. The average Bonchev–Trinajstić information content (AvgIpc) is 2.89. The van der Waals surface area contributed by atoms with Gasteiger partial charge in [-0.25, -0.2) is 4.79 Å². The molecule has 5 rings (SSSR count). The van der Waals surface area contributed by atoms with Crippen molar-refractivity contribution in [2.45, 2.75) is 69.8 Å². The molecule has 2 aromatic carbocycles. The van der Waals surface area contributed by atoms with E-state index in [1.165, 1.54) is 12.1 Å². The molecule has 3 aliphatic rings. The van der Waals surface area contributed by atoms with Gasteiger partial charge in [-0.2, -0.15) is 0 Å². The molecular formula is C29H30N2O6. The number of rotatable bonds is 5. The van der Waals surface area contributed by atoms with E-state index in [9.17, 15) is 24.8 Å². The standard InChI is InChI=1S/C29H30N2O6/c1-17-26(29(34)37-21-10-6-3-7-11-21)27(19-12-13-24(32)23(15-19)31(35)36)28-22(30-17)14-20(16-25(28)33)18-8-4-2-5-9-18/h2,4-5,8-9,12-13,15,20-21,27,30,32H,3,6-7,10-11,14,16H2,1H3/t20-,27+/m1/s1. The molecule has 0 amide bonds. The topological polar surface area (TPSA) is 119 Å². The number of carbonyl (C=O) groups excluding carboxylic acids is 2. The highest BCUT2D eigenvalue weighted by Gasteiger charge is 2.42. The molecule has 0 radical (unpaired) electrons. The lowest BCUT2D eigenvalue weighted by Gasteiger charge is -2.37. The maximum Gasteiger partial charge on any atom is 0.337 e. The number of benzene rings is 2. The van der Waals surface area contributed by atoms with E-state index in [0.717, 1.165) is 43.4 Å². The number of nitrogens with zero attached hydrogens (tertiary/aromatic N) is 1. The summed E-state index contributed by atoms with van der Waals surface area (Å²) < 4.78 is 5.91. The number of nitrogens with one attached hydrogen (secondary N) is 1. The number of esters is 1. The third-order valence-electron chi connectivity index (χ3n) is 7.67. The Hall–Kier alpha value is -3.94. The Morgan fingerprint density at radius 3 is 2.49 bits per heavy atom. The summed E-state index contributed by atoms with van der Waals surface area (Å²) in [5, 5.41) is 25.0. The highest BCUT2D eigenvalue weighted by Crippen LogP contribution is 2.47. The van der Waals surface area contributed by atoms with E-state index < -0.39 is 28.2 Å². The molecule has 2 aromatic rings. The van der Waals surface area contributed by atoms with Crippen LogP contribution in [0.4, 0.5) is 5.69 Å². The van der Waals surface area contributed by atoms with Crippen molar-refractivity contribution in [1.29, 1.82) is 0 Å². The molecule has 1 aliphatic heterocycles. The number of phenols is 1. The monoisotopic (exact) mass is 502 g/mol. The van der Waals surface area contributed by atoms with Gasteiger partial charge in [0.2, 0.25) is 0 Å². The Kier molecular flexibility index (Phi) is 6.82. The fourth-order valence-corrected chi connectivity index (χ4v) is 5.87. The van der Waals surface area contributed by atoms with E-state index in [1.54, 1.807) is 13.0 Å². The second-order valence-electron chi connectivity index (χ2n) is 10.1. The van der Waals surface area contributed by atoms with Crippen LogP contribution in [0.5, 0.6) is 5.75 Å². The highest BCUT2D eigenvalue weighted by atomic mass is 16.6. The summed E-state index contributed by atoms with van der Waals surface area (Å²) in [4.78, 5) is 38.2. The van der Waals surface area contributed by atoms with Gasteiger partial charge in [0, 0.05) is 35.4 Å². The fraction of sp³-hybridized carbons (Fsp3) is 0.379. The number of hydrogen-bond acceptors (Lipinski definition) is 7. The van der Waals surface area contributed by atoms with Crippen LogP contribution in [0.1, 0.15) is 74.8 Å². The van der Waals surface area contributed by atoms with Crippen molar-refractivity contribution in [2.24, 2.45) is 0 Å². The summed E-state index contributed by atoms with van der Waals surface area (Å²) in [6.45, 7) is 1.78. The minimum absolute atomic E-state index is 0.0155. The van der Waals surface area contributed by atoms with Gasteiger partial charge < -0.3 is 15.2 Å². The molecule has 8 nitrogen and oxygen atoms in total. The van der Waals surface area contributed by atoms with Crippen molar-refractivity contribution in [3.05, 3.63) is 92.3 Å². The summed E-state index contributed by atoms with van der Waals surface area (Å²) >= 11 is 0. The first-order chi connectivity index (χ1) is 17.8. The van der Waals surface area contributed by atoms with Gasteiger partial charge in [0.25, 0.3) is 0 Å². The van der Waals surface area contributed by atoms with Crippen LogP contribution >= 0.6 is 0 Å². The lowest BCUT2D eigenvalue weighted by atomic mass is 9.71. The van der Waals surface area contributed by atoms with Gasteiger partial charge in [0.05, 0.1) is 10.5 Å². The average molecular weight is 503 g/mol. The van der Waals surface area contributed by atoms with Gasteiger partial charge in [-0.15, -0.1) is 0 Å². The van der Waals surface area contributed by atoms with Crippen molar-refractivity contribution in [2.75, 3.05) is 0 Å². The van der Waals surface area contributed by atoms with Crippen LogP contribution in [0.15, 0.2) is 71.1 Å². The lowest BCUT2D eigenvalue weighted by molar-refractivity contribution is -0.385. The Bertz CT molecular complexity index is 1310. The molecule has 192 valence electrons. The van der Waals surface area contributed by atoms with Gasteiger partial charge in [0.15, 0.2) is 11.5 Å². The minimum atomic E-state index is -0.823. The van der Waals surface area contributed by atoms with Crippen LogP contribution in [0, 0.1) is 10.1 Å². The molecule has 2 atom stereocenters. The van der Waals surface area contributed by atoms with Crippen molar-refractivity contribution in [3.63, 3.8) is 0 Å². The van der Waals surface area contributed by atoms with E-state index >= 15 is 0 Å². The van der Waals surface area contributed by atoms with E-state index in [2.05, 4.69) is 5.32 Å². The molecule has 1 fully saturated rings. The third-order valence-corrected chi connectivity index (χ3v) is 7.67. The number of ketones is 1. The number of Topliss-reactive ketones (excluding diaryl/α,β-unsaturated/α-hetero) is 1. The Morgan fingerprint density at radius 1 is 1.05 bits per heavy atom. The van der Waals surface area contributed by atoms with Crippen LogP contribution in [0.3, 0.4) is 0 Å². The smallest absolute Gasteiger partial charge is 0.337 e. The first-order valence-electron chi connectivity index (χ1n) is 12.8. The molecule has 2 N–H and O–H groups in total. The second kappa shape index (κ2) is 10.2. The molecule has 37 heavy (non-hydrogen) atoms. The Balaban J connectivity index is 1.58. The van der Waals surface area contributed by atoms with Crippen molar-refractivity contribution in [3.8, 4) is 5.75 Å². The number of hydrogen-bond donors (Lipinski definition) is 2.